The summed E-state index contributed by atoms with van der Waals surface area (Å²) >= 11 is 0. The molecular weight excluding hydrogens is 581 g/mol. The zero-order valence-corrected chi connectivity index (χ0v) is 23.6. The average molecular weight is 609 g/mol. The van der Waals surface area contributed by atoms with Crippen LogP contribution in [0.1, 0.15) is 37.3 Å². The van der Waals surface area contributed by atoms with Crippen molar-refractivity contribution in [3.05, 3.63) is 137 Å². The number of alkyl halides is 2. The molecule has 1 nitrogen and oxygen atoms in total. The maximum atomic E-state index is 15.0. The van der Waals surface area contributed by atoms with E-state index >= 15 is 8.78 Å². The van der Waals surface area contributed by atoms with Gasteiger partial charge in [-0.15, -0.1) is 0 Å². The molecule has 5 rings (SSSR count). The molecule has 0 radical (unpaired) electrons. The lowest BCUT2D eigenvalue weighted by atomic mass is 9.99. The lowest BCUT2D eigenvalue weighted by molar-refractivity contribution is -0.187. The van der Waals surface area contributed by atoms with Gasteiger partial charge in [0.25, 0.3) is 0 Å². The summed E-state index contributed by atoms with van der Waals surface area (Å²) in [4.78, 5) is 0. The molecule has 0 saturated carbocycles. The van der Waals surface area contributed by atoms with Crippen molar-refractivity contribution in [2.75, 3.05) is 0 Å². The highest BCUT2D eigenvalue weighted by Crippen LogP contribution is 2.38. The van der Waals surface area contributed by atoms with Crippen molar-refractivity contribution < 1.29 is 35.5 Å². The highest BCUT2D eigenvalue weighted by Gasteiger charge is 2.38. The van der Waals surface area contributed by atoms with Crippen LogP contribution in [0.4, 0.5) is 30.7 Å². The molecule has 0 aliphatic rings. The highest BCUT2D eigenvalue weighted by atomic mass is 19.3. The van der Waals surface area contributed by atoms with Gasteiger partial charge in [0, 0.05) is 12.1 Å². The first-order valence-corrected chi connectivity index (χ1v) is 14.1. The van der Waals surface area contributed by atoms with E-state index < -0.39 is 52.1 Å². The second kappa shape index (κ2) is 13.0. The number of benzene rings is 5. The first kappa shape index (κ1) is 30.9. The van der Waals surface area contributed by atoms with Crippen LogP contribution in [0.5, 0.6) is 5.75 Å². The molecule has 0 bridgehead atoms. The van der Waals surface area contributed by atoms with E-state index in [0.717, 1.165) is 55.5 Å². The maximum absolute atomic E-state index is 15.0. The van der Waals surface area contributed by atoms with Gasteiger partial charge in [-0.1, -0.05) is 80.4 Å². The number of halogens is 7. The fourth-order valence-electron chi connectivity index (χ4n) is 4.97. The Kier molecular flexibility index (Phi) is 9.09. The van der Waals surface area contributed by atoms with Crippen molar-refractivity contribution in [2.24, 2.45) is 0 Å². The number of ether oxygens (including phenoxy) is 1. The standard InChI is InChI=1S/C36H27F7O/c1-2-3-4-5-22-6-8-23(9-7-22)26-14-16-29(31(38)18-26)36(42,43)44-28-20-33(40)35(34(41)21-28)25-12-10-24(11-13-25)27-15-17-30(37)32(39)19-27/h6-21H,2-5H2,1H3. The first-order valence-electron chi connectivity index (χ1n) is 14.1. The smallest absolute Gasteiger partial charge is 0.429 e. The molecule has 8 heteroatoms. The van der Waals surface area contributed by atoms with Crippen molar-refractivity contribution in [2.45, 2.75) is 38.7 Å². The molecule has 0 aliphatic heterocycles. The Morgan fingerprint density at radius 3 is 1.61 bits per heavy atom. The van der Waals surface area contributed by atoms with Crippen LogP contribution in [0, 0.1) is 29.1 Å². The molecule has 5 aromatic rings. The molecular formula is C36H27F7O. The van der Waals surface area contributed by atoms with E-state index in [1.54, 1.807) is 12.1 Å². The lowest BCUT2D eigenvalue weighted by Crippen LogP contribution is -2.23. The van der Waals surface area contributed by atoms with Crippen LogP contribution < -0.4 is 4.74 Å². The van der Waals surface area contributed by atoms with Gasteiger partial charge < -0.3 is 4.74 Å². The van der Waals surface area contributed by atoms with Crippen LogP contribution in [-0.4, -0.2) is 0 Å². The van der Waals surface area contributed by atoms with Gasteiger partial charge in [0.1, 0.15) is 23.2 Å². The quantitative estimate of drug-likeness (QED) is 0.113. The lowest BCUT2D eigenvalue weighted by Gasteiger charge is -2.20. The Bertz CT molecular complexity index is 1740. The van der Waals surface area contributed by atoms with E-state index in [9.17, 15) is 22.0 Å². The highest BCUT2D eigenvalue weighted by molar-refractivity contribution is 5.71. The number of hydrogen-bond acceptors (Lipinski definition) is 1. The predicted molar refractivity (Wildman–Crippen MR) is 157 cm³/mol. The minimum Gasteiger partial charge on any atom is -0.429 e. The fraction of sp³-hybridized carbons (Fsp3) is 0.167. The van der Waals surface area contributed by atoms with Crippen LogP contribution in [0.3, 0.4) is 0 Å². The van der Waals surface area contributed by atoms with Gasteiger partial charge in [-0.05, 0) is 70.5 Å². The SMILES string of the molecule is CCCCCc1ccc(-c2ccc(C(F)(F)Oc3cc(F)c(-c4ccc(-c5ccc(F)c(F)c5)cc4)c(F)c3)c(F)c2)cc1. The number of aryl methyl sites for hydroxylation is 1. The molecule has 0 amide bonds. The normalized spacial score (nSPS) is 11.5. The van der Waals surface area contributed by atoms with Crippen molar-refractivity contribution in [1.82, 2.24) is 0 Å². The molecule has 0 unspecified atom stereocenters. The van der Waals surface area contributed by atoms with Gasteiger partial charge in [-0.2, -0.15) is 8.78 Å². The summed E-state index contributed by atoms with van der Waals surface area (Å²) in [6, 6.07) is 20.7. The molecule has 226 valence electrons. The number of unbranched alkanes of at least 4 members (excludes halogenated alkanes) is 2. The van der Waals surface area contributed by atoms with Crippen LogP contribution in [0.25, 0.3) is 33.4 Å². The molecule has 44 heavy (non-hydrogen) atoms. The van der Waals surface area contributed by atoms with Gasteiger partial charge >= 0.3 is 6.11 Å². The summed E-state index contributed by atoms with van der Waals surface area (Å²) in [5, 5.41) is 0. The van der Waals surface area contributed by atoms with Gasteiger partial charge in [0.15, 0.2) is 11.6 Å². The van der Waals surface area contributed by atoms with Crippen LogP contribution >= 0.6 is 0 Å². The Labute approximate surface area is 250 Å². The summed E-state index contributed by atoms with van der Waals surface area (Å²) in [5.74, 6) is -6.52. The van der Waals surface area contributed by atoms with E-state index in [0.29, 0.717) is 34.4 Å². The molecule has 5 aromatic carbocycles. The van der Waals surface area contributed by atoms with Gasteiger partial charge in [-0.3, -0.25) is 0 Å². The summed E-state index contributed by atoms with van der Waals surface area (Å²) in [6.07, 6.45) is -0.0446. The van der Waals surface area contributed by atoms with Gasteiger partial charge in [-0.25, -0.2) is 22.0 Å². The second-order valence-corrected chi connectivity index (χ2v) is 10.4. The molecule has 0 N–H and O–H groups in total. The third-order valence-electron chi connectivity index (χ3n) is 7.33. The third-order valence-corrected chi connectivity index (χ3v) is 7.33. The average Bonchev–Trinajstić information content (AvgIpc) is 2.99. The Hall–Kier alpha value is -4.59. The zero-order valence-electron chi connectivity index (χ0n) is 23.6. The first-order chi connectivity index (χ1) is 21.1. The van der Waals surface area contributed by atoms with E-state index in [1.807, 2.05) is 12.1 Å². The van der Waals surface area contributed by atoms with E-state index in [2.05, 4.69) is 11.7 Å². The Balaban J connectivity index is 1.32. The van der Waals surface area contributed by atoms with E-state index in [4.69, 9.17) is 0 Å². The van der Waals surface area contributed by atoms with Crippen molar-refractivity contribution in [3.63, 3.8) is 0 Å². The van der Waals surface area contributed by atoms with Crippen molar-refractivity contribution in [1.29, 1.82) is 0 Å². The fourth-order valence-corrected chi connectivity index (χ4v) is 4.97. The molecule has 0 atom stereocenters. The van der Waals surface area contributed by atoms with Crippen LogP contribution in [0.2, 0.25) is 0 Å². The summed E-state index contributed by atoms with van der Waals surface area (Å²) in [6.45, 7) is 2.12. The molecule has 0 saturated heterocycles. The molecule has 0 heterocycles. The van der Waals surface area contributed by atoms with Crippen LogP contribution in [-0.2, 0) is 12.5 Å². The molecule has 0 fully saturated rings. The molecule has 0 aromatic heterocycles. The summed E-state index contributed by atoms with van der Waals surface area (Å²) in [7, 11) is 0. The molecule has 0 spiro atoms. The van der Waals surface area contributed by atoms with E-state index in [1.165, 1.54) is 36.4 Å². The predicted octanol–water partition coefficient (Wildman–Crippen LogP) is 11.2. The summed E-state index contributed by atoms with van der Waals surface area (Å²) < 4.78 is 106. The maximum Gasteiger partial charge on any atom is 0.429 e. The van der Waals surface area contributed by atoms with Gasteiger partial charge in [0.05, 0.1) is 11.1 Å². The second-order valence-electron chi connectivity index (χ2n) is 10.4. The third kappa shape index (κ3) is 6.80. The Morgan fingerprint density at radius 2 is 1.05 bits per heavy atom. The Morgan fingerprint density at radius 1 is 0.523 bits per heavy atom. The minimum absolute atomic E-state index is 0.0697. The minimum atomic E-state index is -4.24. The monoisotopic (exact) mass is 608 g/mol. The zero-order chi connectivity index (χ0) is 31.4. The van der Waals surface area contributed by atoms with Crippen LogP contribution in [0.15, 0.2) is 97.1 Å². The van der Waals surface area contributed by atoms with Crippen molar-refractivity contribution >= 4 is 0 Å². The number of hydrogen-bond donors (Lipinski definition) is 0. The number of rotatable bonds is 10. The summed E-state index contributed by atoms with van der Waals surface area (Å²) in [5.41, 5.74) is 1.44. The van der Waals surface area contributed by atoms with E-state index in [-0.39, 0.29) is 5.56 Å². The topological polar surface area (TPSA) is 9.23 Å². The van der Waals surface area contributed by atoms with Gasteiger partial charge in [0.2, 0.25) is 0 Å². The molecule has 0 aliphatic carbocycles. The van der Waals surface area contributed by atoms with Crippen molar-refractivity contribution in [3.8, 4) is 39.1 Å². The largest absolute Gasteiger partial charge is 0.429 e.